The fraction of sp³-hybridized carbons (Fsp3) is 0. The van der Waals surface area contributed by atoms with E-state index in [1.807, 2.05) is 0 Å². The van der Waals surface area contributed by atoms with Crippen LogP contribution in [0.2, 0.25) is 0 Å². The van der Waals surface area contributed by atoms with Gasteiger partial charge in [-0.1, -0.05) is 255 Å². The largest absolute Gasteiger partial charge is 0.309 e. The molecule has 0 fully saturated rings. The average Bonchev–Trinajstić information content (AvgIpc) is 1.57. The Morgan fingerprint density at radius 3 is 0.880 bits per heavy atom. The minimum atomic E-state index is 1.17. The van der Waals surface area contributed by atoms with E-state index in [1.54, 1.807) is 0 Å². The van der Waals surface area contributed by atoms with Crippen molar-refractivity contribution in [3.05, 3.63) is 364 Å². The van der Waals surface area contributed by atoms with E-state index in [4.69, 9.17) is 0 Å². The second-order valence-electron chi connectivity index (χ2n) is 26.6. The van der Waals surface area contributed by atoms with Crippen LogP contribution in [0.3, 0.4) is 0 Å². The molecule has 0 saturated heterocycles. The van der Waals surface area contributed by atoms with Crippen LogP contribution in [0.25, 0.3) is 197 Å². The summed E-state index contributed by atoms with van der Waals surface area (Å²) >= 11 is 0. The summed E-state index contributed by atoms with van der Waals surface area (Å²) in [7, 11) is 0. The fourth-order valence-electron chi connectivity index (χ4n) is 17.0. The van der Waals surface area contributed by atoms with Crippen molar-refractivity contribution < 1.29 is 0 Å². The molecular formula is C96H60N4. The van der Waals surface area contributed by atoms with Gasteiger partial charge in [-0.3, -0.25) is 0 Å². The lowest BCUT2D eigenvalue weighted by Crippen LogP contribution is -1.94. The van der Waals surface area contributed by atoms with Crippen LogP contribution in [0.5, 0.6) is 0 Å². The summed E-state index contributed by atoms with van der Waals surface area (Å²) in [4.78, 5) is 0. The van der Waals surface area contributed by atoms with Crippen molar-refractivity contribution in [2.24, 2.45) is 0 Å². The third-order valence-corrected chi connectivity index (χ3v) is 21.3. The first-order chi connectivity index (χ1) is 49.6. The van der Waals surface area contributed by atoms with Gasteiger partial charge in [0.05, 0.1) is 44.1 Å². The molecule has 0 unspecified atom stereocenters. The van der Waals surface area contributed by atoms with Gasteiger partial charge in [0.2, 0.25) is 0 Å². The zero-order chi connectivity index (χ0) is 65.5. The number of hydrogen-bond donors (Lipinski definition) is 0. The number of hydrogen-bond acceptors (Lipinski definition) is 0. The van der Waals surface area contributed by atoms with E-state index in [2.05, 4.69) is 382 Å². The molecule has 4 heteroatoms. The number of nitrogens with zero attached hydrogens (tertiary/aromatic N) is 4. The molecule has 0 amide bonds. The van der Waals surface area contributed by atoms with Crippen LogP contribution in [0.1, 0.15) is 0 Å². The van der Waals surface area contributed by atoms with E-state index >= 15 is 0 Å². The molecule has 0 spiro atoms. The highest BCUT2D eigenvalue weighted by atomic mass is 15.0. The van der Waals surface area contributed by atoms with Gasteiger partial charge in [0.1, 0.15) is 0 Å². The second-order valence-corrected chi connectivity index (χ2v) is 26.6. The van der Waals surface area contributed by atoms with Crippen molar-refractivity contribution in [2.45, 2.75) is 0 Å². The molecule has 464 valence electrons. The van der Waals surface area contributed by atoms with Gasteiger partial charge in [0.25, 0.3) is 0 Å². The lowest BCUT2D eigenvalue weighted by atomic mass is 9.95. The predicted octanol–water partition coefficient (Wildman–Crippen LogP) is 26.0. The lowest BCUT2D eigenvalue weighted by molar-refractivity contribution is 1.18. The summed E-state index contributed by atoms with van der Waals surface area (Å²) < 4.78 is 9.77. The van der Waals surface area contributed by atoms with E-state index < -0.39 is 0 Å². The minimum absolute atomic E-state index is 1.17. The number of rotatable bonds is 6. The molecule has 0 N–H and O–H groups in total. The third-order valence-electron chi connectivity index (χ3n) is 21.3. The van der Waals surface area contributed by atoms with Crippen LogP contribution < -0.4 is 0 Å². The summed E-state index contributed by atoms with van der Waals surface area (Å²) in [6.45, 7) is 0. The molecule has 4 aromatic heterocycles. The topological polar surface area (TPSA) is 19.7 Å². The molecule has 0 aliphatic carbocycles. The first kappa shape index (κ1) is 55.9. The Kier molecular flexibility index (Phi) is 12.4. The van der Waals surface area contributed by atoms with E-state index in [-0.39, 0.29) is 0 Å². The average molecular weight is 1270 g/mol. The molecule has 4 nitrogen and oxygen atoms in total. The summed E-state index contributed by atoms with van der Waals surface area (Å²) in [6, 6.07) is 133. The van der Waals surface area contributed by atoms with Gasteiger partial charge < -0.3 is 18.3 Å². The van der Waals surface area contributed by atoms with Gasteiger partial charge in [0.15, 0.2) is 0 Å². The van der Waals surface area contributed by atoms with Crippen molar-refractivity contribution in [1.82, 2.24) is 18.3 Å². The zero-order valence-electron chi connectivity index (χ0n) is 54.4. The van der Waals surface area contributed by atoms with Crippen molar-refractivity contribution in [1.29, 1.82) is 0 Å². The molecule has 4 heterocycles. The molecule has 100 heavy (non-hydrogen) atoms. The SMILES string of the molecule is c1ccc(-n2c3ccc(-c4ccc5c(c4)c4c6ccccc6c6ccccc6c4n5-c4ccccc4)cc3c3cc4ccccc4cc32)cc1.c1ccc(-n2c3ccc(-c4ccc5c(c4)c4c6ccccc6c6ccccc6c4n5-c4ccccc4)cc3c3ccc4ccccc4c32)cc1. The van der Waals surface area contributed by atoms with Crippen LogP contribution in [-0.4, -0.2) is 18.3 Å². The van der Waals surface area contributed by atoms with E-state index in [9.17, 15) is 0 Å². The van der Waals surface area contributed by atoms with E-state index in [0.717, 1.165) is 0 Å². The highest BCUT2D eigenvalue weighted by molar-refractivity contribution is 6.34. The number of aromatic nitrogens is 4. The monoisotopic (exact) mass is 1270 g/mol. The molecule has 0 aliphatic rings. The van der Waals surface area contributed by atoms with Crippen LogP contribution in [0, 0.1) is 0 Å². The van der Waals surface area contributed by atoms with Gasteiger partial charge in [0, 0.05) is 82.0 Å². The summed E-state index contributed by atoms with van der Waals surface area (Å²) in [5.41, 5.74) is 19.4. The number of fused-ring (bicyclic) bond motifs is 25. The first-order valence-electron chi connectivity index (χ1n) is 34.6. The van der Waals surface area contributed by atoms with Crippen LogP contribution in [-0.2, 0) is 0 Å². The molecule has 0 radical (unpaired) electrons. The first-order valence-corrected chi connectivity index (χ1v) is 34.6. The van der Waals surface area contributed by atoms with Crippen LogP contribution in [0.15, 0.2) is 364 Å². The van der Waals surface area contributed by atoms with Gasteiger partial charge in [-0.05, 0) is 180 Å². The molecule has 0 aliphatic heterocycles. The van der Waals surface area contributed by atoms with Crippen LogP contribution in [0.4, 0.5) is 0 Å². The standard InChI is InChI=1S/2C48H30N2/c1-3-15-35(16-4-1)49-44-25-23-33(28-41(44)42-27-31-13-7-8-14-32(31)30-46(42)49)34-24-26-45-43(29-34)47-39-21-11-9-19-37(39)38-20-10-12-22-40(38)48(47)50(45)36-17-5-2-6-18-36;1-3-14-34(15-4-1)49-44-27-24-32(29-42(44)41-26-23-31-13-7-8-18-36(31)47(41)49)33-25-28-45-43(30-33)46-39-21-11-9-19-37(39)38-20-10-12-22-40(38)48(46)50(45)35-16-5-2-6-17-35/h2*1-30H. The smallest absolute Gasteiger partial charge is 0.0625 e. The van der Waals surface area contributed by atoms with Gasteiger partial charge >= 0.3 is 0 Å². The molecular weight excluding hydrogens is 1210 g/mol. The molecule has 0 atom stereocenters. The normalized spacial score (nSPS) is 12.0. The highest BCUT2D eigenvalue weighted by Gasteiger charge is 2.24. The summed E-state index contributed by atoms with van der Waals surface area (Å²) in [5.74, 6) is 0. The van der Waals surface area contributed by atoms with E-state index in [0.29, 0.717) is 0 Å². The van der Waals surface area contributed by atoms with Crippen molar-refractivity contribution in [3.63, 3.8) is 0 Å². The predicted molar refractivity (Wildman–Crippen MR) is 426 cm³/mol. The van der Waals surface area contributed by atoms with E-state index in [1.165, 1.54) is 197 Å². The van der Waals surface area contributed by atoms with Crippen molar-refractivity contribution in [3.8, 4) is 45.0 Å². The van der Waals surface area contributed by atoms with Gasteiger partial charge in [-0.2, -0.15) is 0 Å². The Bertz CT molecular complexity index is 6860. The summed E-state index contributed by atoms with van der Waals surface area (Å²) in [5, 5.41) is 25.4. The maximum Gasteiger partial charge on any atom is 0.0625 e. The highest BCUT2D eigenvalue weighted by Crippen LogP contribution is 2.48. The van der Waals surface area contributed by atoms with Gasteiger partial charge in [-0.25, -0.2) is 0 Å². The molecule has 0 saturated carbocycles. The Morgan fingerprint density at radius 2 is 0.430 bits per heavy atom. The maximum absolute atomic E-state index is 2.46. The van der Waals surface area contributed by atoms with Crippen LogP contribution >= 0.6 is 0 Å². The lowest BCUT2D eigenvalue weighted by Gasteiger charge is -2.12. The fourth-order valence-corrected chi connectivity index (χ4v) is 17.0. The Labute approximate surface area is 575 Å². The third kappa shape index (κ3) is 8.41. The summed E-state index contributed by atoms with van der Waals surface area (Å²) in [6.07, 6.45) is 0. The molecule has 0 bridgehead atoms. The molecule has 22 aromatic rings. The Morgan fingerprint density at radius 1 is 0.140 bits per heavy atom. The van der Waals surface area contributed by atoms with Gasteiger partial charge in [-0.15, -0.1) is 0 Å². The molecule has 18 aromatic carbocycles. The second kappa shape index (κ2) is 22.1. The Balaban J connectivity index is 0.000000131. The molecule has 22 rings (SSSR count). The quantitative estimate of drug-likeness (QED) is 0.148. The zero-order valence-corrected chi connectivity index (χ0v) is 54.4. The number of para-hydroxylation sites is 4. The van der Waals surface area contributed by atoms with Crippen molar-refractivity contribution >= 4 is 152 Å². The Hall–Kier alpha value is -13.3. The van der Waals surface area contributed by atoms with Crippen molar-refractivity contribution in [2.75, 3.05) is 0 Å². The maximum atomic E-state index is 2.46. The minimum Gasteiger partial charge on any atom is -0.309 e. The number of benzene rings is 18.